The highest BCUT2D eigenvalue weighted by Crippen LogP contribution is 2.43. The SMILES string of the molecule is CNC1C(=O)Nc2c(OC)ccc(OC)c21. The molecule has 0 aromatic heterocycles. The van der Waals surface area contributed by atoms with Crippen molar-refractivity contribution in [1.82, 2.24) is 5.32 Å². The standard InChI is InChI=1S/C11H14N2O3/c1-12-10-8-6(15-2)4-5-7(16-3)9(8)13-11(10)14/h4-5,10,12H,1-3H3,(H,13,14). The third-order valence-electron chi connectivity index (χ3n) is 2.69. The first-order valence-electron chi connectivity index (χ1n) is 4.96. The van der Waals surface area contributed by atoms with E-state index in [0.29, 0.717) is 17.2 Å². The molecule has 1 aliphatic heterocycles. The van der Waals surface area contributed by atoms with Crippen LogP contribution in [0.15, 0.2) is 12.1 Å². The Hall–Kier alpha value is -1.75. The highest BCUT2D eigenvalue weighted by Gasteiger charge is 2.34. The van der Waals surface area contributed by atoms with Gasteiger partial charge < -0.3 is 20.1 Å². The van der Waals surface area contributed by atoms with Gasteiger partial charge in [0.05, 0.1) is 19.9 Å². The van der Waals surface area contributed by atoms with E-state index < -0.39 is 0 Å². The average Bonchev–Trinajstić information content (AvgIpc) is 2.64. The highest BCUT2D eigenvalue weighted by molar-refractivity contribution is 6.05. The predicted octanol–water partition coefficient (Wildman–Crippen LogP) is 0.916. The lowest BCUT2D eigenvalue weighted by Gasteiger charge is -2.13. The Balaban J connectivity index is 2.60. The molecule has 1 aliphatic rings. The third kappa shape index (κ3) is 1.40. The Bertz CT molecular complexity index is 431. The molecular formula is C11H14N2O3. The van der Waals surface area contributed by atoms with Crippen LogP contribution in [0, 0.1) is 0 Å². The number of amides is 1. The molecule has 5 heteroatoms. The van der Waals surface area contributed by atoms with Crippen molar-refractivity contribution in [2.45, 2.75) is 6.04 Å². The zero-order valence-corrected chi connectivity index (χ0v) is 9.46. The average molecular weight is 222 g/mol. The molecule has 2 rings (SSSR count). The van der Waals surface area contributed by atoms with E-state index in [1.807, 2.05) is 0 Å². The summed E-state index contributed by atoms with van der Waals surface area (Å²) in [4.78, 5) is 11.7. The molecule has 0 saturated carbocycles. The molecule has 0 spiro atoms. The number of methoxy groups -OCH3 is 2. The van der Waals surface area contributed by atoms with Gasteiger partial charge in [-0.1, -0.05) is 0 Å². The number of carbonyl (C=O) groups is 1. The number of nitrogens with one attached hydrogen (secondary N) is 2. The van der Waals surface area contributed by atoms with Crippen LogP contribution in [0.5, 0.6) is 11.5 Å². The topological polar surface area (TPSA) is 59.6 Å². The number of likely N-dealkylation sites (N-methyl/N-ethyl adjacent to an activating group) is 1. The molecule has 0 bridgehead atoms. The Labute approximate surface area is 93.7 Å². The first kappa shape index (κ1) is 10.8. The van der Waals surface area contributed by atoms with Crippen molar-refractivity contribution < 1.29 is 14.3 Å². The second-order valence-electron chi connectivity index (χ2n) is 3.47. The molecule has 0 radical (unpaired) electrons. The van der Waals surface area contributed by atoms with E-state index in [1.165, 1.54) is 0 Å². The van der Waals surface area contributed by atoms with Gasteiger partial charge in [-0.2, -0.15) is 0 Å². The summed E-state index contributed by atoms with van der Waals surface area (Å²) in [5.74, 6) is 1.22. The van der Waals surface area contributed by atoms with Crippen LogP contribution in [0.4, 0.5) is 5.69 Å². The molecule has 0 fully saturated rings. The quantitative estimate of drug-likeness (QED) is 0.798. The lowest BCUT2D eigenvalue weighted by atomic mass is 10.1. The number of anilines is 1. The summed E-state index contributed by atoms with van der Waals surface area (Å²) in [6.45, 7) is 0. The first-order valence-corrected chi connectivity index (χ1v) is 4.96. The van der Waals surface area contributed by atoms with E-state index in [9.17, 15) is 4.79 Å². The van der Waals surface area contributed by atoms with Crippen LogP contribution in [-0.4, -0.2) is 27.2 Å². The molecule has 1 unspecified atom stereocenters. The Morgan fingerprint density at radius 1 is 1.25 bits per heavy atom. The molecule has 2 N–H and O–H groups in total. The molecule has 1 heterocycles. The monoisotopic (exact) mass is 222 g/mol. The summed E-state index contributed by atoms with van der Waals surface area (Å²) >= 11 is 0. The van der Waals surface area contributed by atoms with Gasteiger partial charge in [0.1, 0.15) is 17.5 Å². The molecule has 1 atom stereocenters. The fourth-order valence-electron chi connectivity index (χ4n) is 1.95. The van der Waals surface area contributed by atoms with Crippen LogP contribution in [0.3, 0.4) is 0 Å². The molecule has 1 amide bonds. The van der Waals surface area contributed by atoms with E-state index in [2.05, 4.69) is 10.6 Å². The van der Waals surface area contributed by atoms with Gasteiger partial charge in [-0.3, -0.25) is 4.79 Å². The fourth-order valence-corrected chi connectivity index (χ4v) is 1.95. The maximum atomic E-state index is 11.7. The first-order chi connectivity index (χ1) is 7.72. The van der Waals surface area contributed by atoms with Gasteiger partial charge in [0.25, 0.3) is 0 Å². The molecule has 0 aliphatic carbocycles. The highest BCUT2D eigenvalue weighted by atomic mass is 16.5. The van der Waals surface area contributed by atoms with Gasteiger partial charge in [0, 0.05) is 5.56 Å². The van der Waals surface area contributed by atoms with Crippen LogP contribution in [-0.2, 0) is 4.79 Å². The summed E-state index contributed by atoms with van der Waals surface area (Å²) in [7, 11) is 4.89. The molecule has 5 nitrogen and oxygen atoms in total. The van der Waals surface area contributed by atoms with E-state index in [-0.39, 0.29) is 11.9 Å². The minimum atomic E-state index is -0.389. The van der Waals surface area contributed by atoms with Crippen LogP contribution in [0.25, 0.3) is 0 Å². The third-order valence-corrected chi connectivity index (χ3v) is 2.69. The van der Waals surface area contributed by atoms with Crippen LogP contribution >= 0.6 is 0 Å². The molecule has 1 aromatic rings. The van der Waals surface area contributed by atoms with Crippen LogP contribution in [0.2, 0.25) is 0 Å². The molecule has 86 valence electrons. The van der Waals surface area contributed by atoms with Crippen molar-refractivity contribution >= 4 is 11.6 Å². The number of ether oxygens (including phenoxy) is 2. The van der Waals surface area contributed by atoms with E-state index in [1.54, 1.807) is 33.4 Å². The number of carbonyl (C=O) groups excluding carboxylic acids is 1. The molecule has 0 saturated heterocycles. The second kappa shape index (κ2) is 4.02. The smallest absolute Gasteiger partial charge is 0.246 e. The molecular weight excluding hydrogens is 208 g/mol. The summed E-state index contributed by atoms with van der Waals surface area (Å²) in [5, 5.41) is 5.73. The van der Waals surface area contributed by atoms with Crippen molar-refractivity contribution in [1.29, 1.82) is 0 Å². The van der Waals surface area contributed by atoms with Gasteiger partial charge in [-0.15, -0.1) is 0 Å². The zero-order chi connectivity index (χ0) is 11.7. The molecule has 16 heavy (non-hydrogen) atoms. The minimum absolute atomic E-state index is 0.0969. The van der Waals surface area contributed by atoms with Gasteiger partial charge >= 0.3 is 0 Å². The fraction of sp³-hybridized carbons (Fsp3) is 0.364. The van der Waals surface area contributed by atoms with Gasteiger partial charge in [0.2, 0.25) is 5.91 Å². The number of hydrogen-bond donors (Lipinski definition) is 2. The summed E-state index contributed by atoms with van der Waals surface area (Å²) in [5.41, 5.74) is 1.49. The van der Waals surface area contributed by atoms with E-state index in [0.717, 1.165) is 5.56 Å². The maximum absolute atomic E-state index is 11.7. The number of hydrogen-bond acceptors (Lipinski definition) is 4. The van der Waals surface area contributed by atoms with E-state index >= 15 is 0 Å². The van der Waals surface area contributed by atoms with Gasteiger partial charge in [0.15, 0.2) is 0 Å². The van der Waals surface area contributed by atoms with Crippen molar-refractivity contribution in [2.75, 3.05) is 26.6 Å². The van der Waals surface area contributed by atoms with Crippen LogP contribution < -0.4 is 20.1 Å². The number of rotatable bonds is 3. The minimum Gasteiger partial charge on any atom is -0.496 e. The summed E-state index contributed by atoms with van der Waals surface area (Å²) in [6, 6.07) is 3.18. The molecule has 1 aromatic carbocycles. The van der Waals surface area contributed by atoms with Crippen molar-refractivity contribution in [3.63, 3.8) is 0 Å². The predicted molar refractivity (Wildman–Crippen MR) is 60.0 cm³/mol. The van der Waals surface area contributed by atoms with Crippen molar-refractivity contribution in [3.05, 3.63) is 17.7 Å². The second-order valence-corrected chi connectivity index (χ2v) is 3.47. The Morgan fingerprint density at radius 2 is 1.88 bits per heavy atom. The van der Waals surface area contributed by atoms with E-state index in [4.69, 9.17) is 9.47 Å². The van der Waals surface area contributed by atoms with Crippen LogP contribution in [0.1, 0.15) is 11.6 Å². The lowest BCUT2D eigenvalue weighted by Crippen LogP contribution is -2.24. The maximum Gasteiger partial charge on any atom is 0.246 e. The normalized spacial score (nSPS) is 17.9. The number of benzene rings is 1. The zero-order valence-electron chi connectivity index (χ0n) is 9.46. The lowest BCUT2D eigenvalue weighted by molar-refractivity contribution is -0.117. The van der Waals surface area contributed by atoms with Gasteiger partial charge in [-0.25, -0.2) is 0 Å². The van der Waals surface area contributed by atoms with Crippen molar-refractivity contribution in [2.24, 2.45) is 0 Å². The number of fused-ring (bicyclic) bond motifs is 1. The summed E-state index contributed by atoms with van der Waals surface area (Å²) < 4.78 is 10.4. The largest absolute Gasteiger partial charge is 0.496 e. The Kier molecular flexibility index (Phi) is 2.70. The Morgan fingerprint density at radius 3 is 2.44 bits per heavy atom. The summed E-state index contributed by atoms with van der Waals surface area (Å²) in [6.07, 6.45) is 0. The van der Waals surface area contributed by atoms with Crippen molar-refractivity contribution in [3.8, 4) is 11.5 Å². The van der Waals surface area contributed by atoms with Gasteiger partial charge in [-0.05, 0) is 19.2 Å².